The molecule has 0 fully saturated rings. The standard InChI is InChI=1S/C19H23BrClN3O2/c1-5-24(4)12-22-18-10-17(20)19(23-14(18)3)26-13(2)11-25-16-8-6-15(21)7-9-16/h6-10,12-13H,5,11H2,1-4H3/b22-12-. The van der Waals surface area contributed by atoms with Gasteiger partial charge in [-0.1, -0.05) is 11.6 Å². The van der Waals surface area contributed by atoms with Crippen molar-refractivity contribution >= 4 is 39.6 Å². The third-order valence-electron chi connectivity index (χ3n) is 3.61. The van der Waals surface area contributed by atoms with Crippen molar-refractivity contribution in [1.29, 1.82) is 0 Å². The van der Waals surface area contributed by atoms with Crippen LogP contribution in [0.25, 0.3) is 0 Å². The molecule has 0 amide bonds. The summed E-state index contributed by atoms with van der Waals surface area (Å²) in [6.45, 7) is 7.20. The molecule has 1 aromatic heterocycles. The van der Waals surface area contributed by atoms with Gasteiger partial charge in [0, 0.05) is 18.6 Å². The van der Waals surface area contributed by atoms with E-state index in [1.807, 2.05) is 44.0 Å². The van der Waals surface area contributed by atoms with Crippen LogP contribution >= 0.6 is 27.5 Å². The minimum absolute atomic E-state index is 0.172. The van der Waals surface area contributed by atoms with E-state index in [1.165, 1.54) is 0 Å². The van der Waals surface area contributed by atoms with Crippen LogP contribution in [0.1, 0.15) is 19.5 Å². The zero-order valence-corrected chi connectivity index (χ0v) is 17.7. The number of halogens is 2. The highest BCUT2D eigenvalue weighted by Crippen LogP contribution is 2.30. The van der Waals surface area contributed by atoms with Gasteiger partial charge in [0.25, 0.3) is 0 Å². The van der Waals surface area contributed by atoms with E-state index in [0.29, 0.717) is 17.5 Å². The van der Waals surface area contributed by atoms with Crippen LogP contribution in [0, 0.1) is 6.92 Å². The minimum atomic E-state index is -0.172. The van der Waals surface area contributed by atoms with Crippen LogP contribution < -0.4 is 9.47 Å². The Kier molecular flexibility index (Phi) is 7.72. The third-order valence-corrected chi connectivity index (χ3v) is 4.43. The second-order valence-electron chi connectivity index (χ2n) is 5.89. The number of aryl methyl sites for hydroxylation is 1. The van der Waals surface area contributed by atoms with Crippen LogP contribution in [-0.2, 0) is 0 Å². The second-order valence-corrected chi connectivity index (χ2v) is 7.18. The van der Waals surface area contributed by atoms with Gasteiger partial charge in [-0.3, -0.25) is 0 Å². The van der Waals surface area contributed by atoms with Crippen molar-refractivity contribution in [1.82, 2.24) is 9.88 Å². The van der Waals surface area contributed by atoms with Crippen LogP contribution in [0.5, 0.6) is 11.6 Å². The van der Waals surface area contributed by atoms with Crippen molar-refractivity contribution in [3.63, 3.8) is 0 Å². The van der Waals surface area contributed by atoms with Crippen molar-refractivity contribution in [2.45, 2.75) is 26.9 Å². The Bertz CT molecular complexity index is 753. The fourth-order valence-electron chi connectivity index (χ4n) is 1.97. The maximum absolute atomic E-state index is 5.90. The van der Waals surface area contributed by atoms with E-state index in [2.05, 4.69) is 32.8 Å². The van der Waals surface area contributed by atoms with Crippen molar-refractivity contribution in [3.05, 3.63) is 45.5 Å². The molecule has 0 bridgehead atoms. The summed E-state index contributed by atoms with van der Waals surface area (Å²) in [6, 6.07) is 9.14. The lowest BCUT2D eigenvalue weighted by Crippen LogP contribution is -2.21. The Labute approximate surface area is 168 Å². The molecule has 0 aliphatic heterocycles. The number of rotatable bonds is 8. The molecule has 7 heteroatoms. The normalized spacial score (nSPS) is 12.2. The molecule has 2 rings (SSSR count). The Morgan fingerprint density at radius 2 is 2.04 bits per heavy atom. The summed E-state index contributed by atoms with van der Waals surface area (Å²) in [6.07, 6.45) is 1.62. The van der Waals surface area contributed by atoms with Crippen molar-refractivity contribution in [3.8, 4) is 11.6 Å². The van der Waals surface area contributed by atoms with E-state index in [9.17, 15) is 0 Å². The molecule has 26 heavy (non-hydrogen) atoms. The van der Waals surface area contributed by atoms with E-state index in [4.69, 9.17) is 21.1 Å². The summed E-state index contributed by atoms with van der Waals surface area (Å²) in [7, 11) is 1.97. The molecule has 0 saturated heterocycles. The average molecular weight is 441 g/mol. The third kappa shape index (κ3) is 6.18. The molecule has 140 valence electrons. The first-order chi connectivity index (χ1) is 12.4. The van der Waals surface area contributed by atoms with E-state index in [-0.39, 0.29) is 6.10 Å². The predicted octanol–water partition coefficient (Wildman–Crippen LogP) is 5.26. The molecule has 2 aromatic rings. The van der Waals surface area contributed by atoms with Crippen molar-refractivity contribution in [2.75, 3.05) is 20.2 Å². The lowest BCUT2D eigenvalue weighted by atomic mass is 10.3. The number of nitrogens with zero attached hydrogens (tertiary/aromatic N) is 3. The Morgan fingerprint density at radius 1 is 1.35 bits per heavy atom. The summed E-state index contributed by atoms with van der Waals surface area (Å²) in [5.74, 6) is 1.27. The lowest BCUT2D eigenvalue weighted by molar-refractivity contribution is 0.137. The maximum atomic E-state index is 5.90. The van der Waals surface area contributed by atoms with Gasteiger partial charge in [0.05, 0.1) is 22.2 Å². The highest BCUT2D eigenvalue weighted by molar-refractivity contribution is 9.10. The molecule has 0 aliphatic carbocycles. The molecule has 0 spiro atoms. The molecule has 0 N–H and O–H groups in total. The molecule has 0 radical (unpaired) electrons. The van der Waals surface area contributed by atoms with Gasteiger partial charge >= 0.3 is 0 Å². The first-order valence-electron chi connectivity index (χ1n) is 8.35. The molecule has 1 atom stereocenters. The zero-order chi connectivity index (χ0) is 19.1. The summed E-state index contributed by atoms with van der Waals surface area (Å²) >= 11 is 9.38. The largest absolute Gasteiger partial charge is 0.490 e. The van der Waals surface area contributed by atoms with Gasteiger partial charge < -0.3 is 14.4 Å². The number of aromatic nitrogens is 1. The van der Waals surface area contributed by atoms with Gasteiger partial charge in [-0.25, -0.2) is 9.98 Å². The van der Waals surface area contributed by atoms with Gasteiger partial charge in [-0.15, -0.1) is 0 Å². The van der Waals surface area contributed by atoms with E-state index >= 15 is 0 Å². The first kappa shape index (κ1) is 20.5. The molecular weight excluding hydrogens is 418 g/mol. The average Bonchev–Trinajstić information content (AvgIpc) is 2.62. The minimum Gasteiger partial charge on any atom is -0.490 e. The number of ether oxygens (including phenoxy) is 2. The number of pyridine rings is 1. The van der Waals surface area contributed by atoms with E-state index < -0.39 is 0 Å². The van der Waals surface area contributed by atoms with Gasteiger partial charge in [0.2, 0.25) is 5.88 Å². The predicted molar refractivity (Wildman–Crippen MR) is 110 cm³/mol. The van der Waals surface area contributed by atoms with Crippen LogP contribution in [0.2, 0.25) is 5.02 Å². The van der Waals surface area contributed by atoms with E-state index in [1.54, 1.807) is 18.5 Å². The van der Waals surface area contributed by atoms with Crippen LogP contribution in [0.4, 0.5) is 5.69 Å². The quantitative estimate of drug-likeness (QED) is 0.415. The summed E-state index contributed by atoms with van der Waals surface area (Å²) in [5, 5.41) is 0.679. The Balaban J connectivity index is 1.98. The topological polar surface area (TPSA) is 47.0 Å². The molecule has 5 nitrogen and oxygen atoms in total. The van der Waals surface area contributed by atoms with Gasteiger partial charge in [0.1, 0.15) is 18.5 Å². The smallest absolute Gasteiger partial charge is 0.228 e. The highest BCUT2D eigenvalue weighted by atomic mass is 79.9. The number of hydrogen-bond donors (Lipinski definition) is 0. The molecular formula is C19H23BrClN3O2. The fourth-order valence-corrected chi connectivity index (χ4v) is 2.50. The maximum Gasteiger partial charge on any atom is 0.228 e. The van der Waals surface area contributed by atoms with E-state index in [0.717, 1.165) is 28.1 Å². The first-order valence-corrected chi connectivity index (χ1v) is 9.52. The number of aliphatic imine (C=N–C) groups is 1. The van der Waals surface area contributed by atoms with Gasteiger partial charge in [-0.2, -0.15) is 0 Å². The molecule has 1 unspecified atom stereocenters. The van der Waals surface area contributed by atoms with Crippen LogP contribution in [0.3, 0.4) is 0 Å². The van der Waals surface area contributed by atoms with Gasteiger partial charge in [0.15, 0.2) is 0 Å². The van der Waals surface area contributed by atoms with Crippen molar-refractivity contribution < 1.29 is 9.47 Å². The summed E-state index contributed by atoms with van der Waals surface area (Å²) in [5.41, 5.74) is 1.60. The molecule has 1 aromatic carbocycles. The highest BCUT2D eigenvalue weighted by Gasteiger charge is 2.12. The Morgan fingerprint density at radius 3 is 2.69 bits per heavy atom. The Hall–Kier alpha value is -1.79. The van der Waals surface area contributed by atoms with Crippen molar-refractivity contribution in [2.24, 2.45) is 4.99 Å². The second kappa shape index (κ2) is 9.78. The monoisotopic (exact) mass is 439 g/mol. The summed E-state index contributed by atoms with van der Waals surface area (Å²) in [4.78, 5) is 11.0. The molecule has 1 heterocycles. The number of benzene rings is 1. The molecule has 0 aliphatic rings. The van der Waals surface area contributed by atoms with Gasteiger partial charge in [-0.05, 0) is 67.0 Å². The zero-order valence-electron chi connectivity index (χ0n) is 15.4. The SMILES string of the molecule is CCN(C)/C=N\c1cc(Br)c(OC(C)COc2ccc(Cl)cc2)nc1C. The number of hydrogen-bond acceptors (Lipinski definition) is 4. The lowest BCUT2D eigenvalue weighted by Gasteiger charge is -2.17. The van der Waals surface area contributed by atoms with Crippen LogP contribution in [-0.4, -0.2) is 42.5 Å². The summed E-state index contributed by atoms with van der Waals surface area (Å²) < 4.78 is 12.4. The fraction of sp³-hybridized carbons (Fsp3) is 0.368. The molecule has 0 saturated carbocycles. The van der Waals surface area contributed by atoms with Crippen LogP contribution in [0.15, 0.2) is 39.8 Å².